The Kier molecular flexibility index (Phi) is 26.7. The number of H-pyrrole nitrogens is 5. The Morgan fingerprint density at radius 1 is 0.417 bits per heavy atom. The molecule has 6 aromatic heterocycles. The van der Waals surface area contributed by atoms with Gasteiger partial charge in [0.1, 0.15) is 11.9 Å². The minimum absolute atomic E-state index is 0.0337. The van der Waals surface area contributed by atoms with E-state index in [0.29, 0.717) is 42.9 Å². The number of likely N-dealkylation sites (N-methyl/N-ethyl adjacent to an activating group) is 1. The Labute approximate surface area is 782 Å². The molecule has 127 heavy (non-hydrogen) atoms. The van der Waals surface area contributed by atoms with Crippen molar-refractivity contribution in [1.82, 2.24) is 54.5 Å². The van der Waals surface area contributed by atoms with E-state index in [2.05, 4.69) is 289 Å². The summed E-state index contributed by atoms with van der Waals surface area (Å²) in [5.74, 6) is 1.81. The van der Waals surface area contributed by atoms with Gasteiger partial charge in [-0.3, -0.25) is 19.4 Å². The maximum absolute atomic E-state index is 13.4. The van der Waals surface area contributed by atoms with E-state index in [1.165, 1.54) is 101 Å². The molecule has 5 aliphatic rings. The lowest BCUT2D eigenvalue weighted by molar-refractivity contribution is -0.133. The third-order valence-corrected chi connectivity index (χ3v) is 27.8. The third kappa shape index (κ3) is 18.3. The van der Waals surface area contributed by atoms with Gasteiger partial charge < -0.3 is 44.4 Å². The topological polar surface area (TPSA) is 181 Å². The van der Waals surface area contributed by atoms with Crippen LogP contribution in [0.5, 0.6) is 0 Å². The van der Waals surface area contributed by atoms with Crippen molar-refractivity contribution in [3.63, 3.8) is 0 Å². The molecule has 648 valence electrons. The van der Waals surface area contributed by atoms with Crippen molar-refractivity contribution < 1.29 is 23.5 Å². The van der Waals surface area contributed by atoms with Crippen LogP contribution in [0.4, 0.5) is 15.1 Å². The Balaban J connectivity index is 0.000000112. The lowest BCUT2D eigenvalue weighted by Gasteiger charge is -2.36. The van der Waals surface area contributed by atoms with E-state index in [9.17, 15) is 18.8 Å². The van der Waals surface area contributed by atoms with E-state index >= 15 is 0 Å². The van der Waals surface area contributed by atoms with Gasteiger partial charge in [-0.15, -0.1) is 0 Å². The molecule has 16 nitrogen and oxygen atoms in total. The molecule has 5 aliphatic heterocycles. The monoisotopic (exact) mass is 1980 g/mol. The molecular formula is C104H99Br4Cl2FN12O4. The molecule has 0 saturated carbocycles. The number of benzene rings is 10. The van der Waals surface area contributed by atoms with Crippen LogP contribution in [0.1, 0.15) is 192 Å². The number of aromatic amines is 5. The molecule has 0 aliphatic carbocycles. The van der Waals surface area contributed by atoms with Gasteiger partial charge in [-0.1, -0.05) is 225 Å². The van der Waals surface area contributed by atoms with Crippen LogP contribution in [-0.4, -0.2) is 119 Å². The average Bonchev–Trinajstić information content (AvgIpc) is 1.64. The summed E-state index contributed by atoms with van der Waals surface area (Å²) in [4.78, 5) is 74.9. The summed E-state index contributed by atoms with van der Waals surface area (Å²) < 4.78 is 23.1. The predicted octanol–water partition coefficient (Wildman–Crippen LogP) is 26.6. The first-order valence-corrected chi connectivity index (χ1v) is 47.4. The number of rotatable bonds is 10. The molecular weight excluding hydrogens is 1890 g/mol. The third-order valence-electron chi connectivity index (χ3n) is 25.3. The summed E-state index contributed by atoms with van der Waals surface area (Å²) in [7, 11) is 2.18. The number of amides is 3. The number of carbonyl (C=O) groups excluding carboxylic acids is 3. The molecule has 5 N–H and O–H groups in total. The van der Waals surface area contributed by atoms with Gasteiger partial charge in [0, 0.05) is 169 Å². The molecule has 5 atom stereocenters. The smallest absolute Gasteiger partial charge is 0.410 e. The van der Waals surface area contributed by atoms with Crippen molar-refractivity contribution >= 4 is 165 Å². The van der Waals surface area contributed by atoms with Gasteiger partial charge in [-0.05, 0) is 246 Å². The molecule has 0 bridgehead atoms. The Bertz CT molecular complexity index is 6700. The maximum Gasteiger partial charge on any atom is 0.410 e. The Hall–Kier alpha value is -10.6. The van der Waals surface area contributed by atoms with Crippen molar-refractivity contribution in [2.45, 2.75) is 129 Å². The summed E-state index contributed by atoms with van der Waals surface area (Å²) in [6.45, 7) is 18.5. The molecule has 10 aromatic carbocycles. The second-order valence-electron chi connectivity index (χ2n) is 33.7. The largest absolute Gasteiger partial charge is 0.450 e. The molecule has 5 unspecified atom stereocenters. The zero-order valence-corrected chi connectivity index (χ0v) is 79.8. The van der Waals surface area contributed by atoms with Crippen LogP contribution in [0, 0.1) is 5.82 Å². The number of halogens is 7. The van der Waals surface area contributed by atoms with Crippen molar-refractivity contribution in [2.24, 2.45) is 0 Å². The van der Waals surface area contributed by atoms with E-state index in [0.717, 1.165) is 142 Å². The van der Waals surface area contributed by atoms with E-state index in [4.69, 9.17) is 27.9 Å². The lowest BCUT2D eigenvalue weighted by Crippen LogP contribution is -2.41. The van der Waals surface area contributed by atoms with Gasteiger partial charge in [-0.25, -0.2) is 19.2 Å². The van der Waals surface area contributed by atoms with E-state index < -0.39 is 0 Å². The van der Waals surface area contributed by atoms with E-state index in [1.807, 2.05) is 83.7 Å². The summed E-state index contributed by atoms with van der Waals surface area (Å²) in [5, 5.41) is 7.64. The predicted molar refractivity (Wildman–Crippen MR) is 526 cm³/mol. The summed E-state index contributed by atoms with van der Waals surface area (Å²) in [6, 6.07) is 75.5. The summed E-state index contributed by atoms with van der Waals surface area (Å²) in [5.41, 5.74) is 26.4. The normalized spacial score (nSPS) is 17.1. The number of fused-ring (bicyclic) bond motifs is 15. The number of hydrogen-bond donors (Lipinski definition) is 5. The Morgan fingerprint density at radius 3 is 1.22 bits per heavy atom. The molecule has 11 heterocycles. The number of ether oxygens (including phenoxy) is 1. The maximum atomic E-state index is 13.4. The highest BCUT2D eigenvalue weighted by molar-refractivity contribution is 9.11. The second kappa shape index (κ2) is 38.4. The zero-order chi connectivity index (χ0) is 88.6. The first-order chi connectivity index (χ1) is 61.5. The number of nitrogens with one attached hydrogen (secondary N) is 5. The van der Waals surface area contributed by atoms with Crippen LogP contribution in [0.15, 0.2) is 255 Å². The van der Waals surface area contributed by atoms with Crippen molar-refractivity contribution in [2.75, 3.05) is 51.3 Å². The van der Waals surface area contributed by atoms with Crippen LogP contribution < -0.4 is 4.90 Å². The number of nitrogens with zero attached hydrogens (tertiary/aromatic N) is 7. The Morgan fingerprint density at radius 2 is 0.772 bits per heavy atom. The average molecular weight is 1990 g/mol. The number of anilines is 1. The van der Waals surface area contributed by atoms with Crippen molar-refractivity contribution in [3.8, 4) is 0 Å². The second-order valence-corrected chi connectivity index (χ2v) is 38.3. The van der Waals surface area contributed by atoms with E-state index in [-0.39, 0.29) is 53.9 Å². The molecule has 23 heteroatoms. The van der Waals surface area contributed by atoms with Gasteiger partial charge in [0.2, 0.25) is 17.8 Å². The quantitative estimate of drug-likeness (QED) is 0.0897. The first kappa shape index (κ1) is 88.4. The van der Waals surface area contributed by atoms with Gasteiger partial charge in [0.25, 0.3) is 0 Å². The van der Waals surface area contributed by atoms with Gasteiger partial charge in [-0.2, -0.15) is 0 Å². The van der Waals surface area contributed by atoms with Crippen LogP contribution >= 0.6 is 86.9 Å². The molecule has 0 saturated heterocycles. The number of aromatic nitrogens is 7. The van der Waals surface area contributed by atoms with Gasteiger partial charge >= 0.3 is 6.09 Å². The number of carbonyl (C=O) groups is 3. The van der Waals surface area contributed by atoms with E-state index in [1.54, 1.807) is 30.9 Å². The fourth-order valence-electron chi connectivity index (χ4n) is 19.2. The molecule has 21 rings (SSSR count). The van der Waals surface area contributed by atoms with Crippen molar-refractivity contribution in [1.29, 1.82) is 0 Å². The molecule has 0 spiro atoms. The highest BCUT2D eigenvalue weighted by Gasteiger charge is 2.40. The number of hydrogen-bond acceptors (Lipinski definition) is 8. The van der Waals surface area contributed by atoms with Crippen LogP contribution in [-0.2, 0) is 46.4 Å². The first-order valence-electron chi connectivity index (χ1n) is 43.5. The lowest BCUT2D eigenvalue weighted by atomic mass is 9.91. The highest BCUT2D eigenvalue weighted by Crippen LogP contribution is 2.47. The van der Waals surface area contributed by atoms with Crippen LogP contribution in [0.2, 0.25) is 10.0 Å². The summed E-state index contributed by atoms with van der Waals surface area (Å²) >= 11 is 26.6. The molecule has 3 amide bonds. The highest BCUT2D eigenvalue weighted by atomic mass is 79.9. The van der Waals surface area contributed by atoms with Gasteiger partial charge in [0.05, 0.1) is 30.8 Å². The zero-order valence-electron chi connectivity index (χ0n) is 72.0. The van der Waals surface area contributed by atoms with Crippen molar-refractivity contribution in [3.05, 3.63) is 366 Å². The fraction of sp³-hybridized carbons (Fsp3) is 0.260. The van der Waals surface area contributed by atoms with Gasteiger partial charge in [0.15, 0.2) is 0 Å². The standard InChI is InChI=1S/C24H23BrN4.C22H23BrN2O.C20H19BrN2O.C20H18ClFN2O2.C18H16BrClN2/c1-15(2)16-4-6-17(7-5-16)23-22-19(20-14-18(25)8-9-21(20)28-22)10-13-29(23)24-26-11-3-12-27-24;1-13(2)15-4-6-16(7-5-15)22-21-18(10-11-25(22)14(3)26)19-12-17(23)8-9-20(19)24-21;1-2-18(24)23-11-10-15-16-12-14(21)8-9-17(16)22-19(15)20(23)13-6-4-3-5-7-13;1-2-26-20(25)24-10-9-15-16-11-13(21)5-8-17(16)23-18(15)19(24)12-3-6-14(22)7-4-12;1-22-9-8-14-15-10-12(19)4-7-16(15)21-17(14)18(22)11-2-5-13(20)6-3-11/h3-9,11-12,14-15,23,28H,10,13H2,1-2H3;4-9,12-13,22,24H,10-11H2,1-3H3;3-9,12,20,22H,2,10-11H2,1H3;3-8,11,19,23H,2,9-10H2,1H3;2-7,10,18,21H,8-9H2,1H3. The van der Waals surface area contributed by atoms with Crippen LogP contribution in [0.3, 0.4) is 0 Å². The fourth-order valence-corrected chi connectivity index (χ4v) is 20.9. The summed E-state index contributed by atoms with van der Waals surface area (Å²) in [6.07, 6.45) is 8.31. The molecule has 16 aromatic rings. The SMILES string of the molecule is CC(=O)N1CCc2c([nH]c3ccc(Br)cc23)C1c1ccc(C(C)C)cc1.CC(C)c1ccc(C2c3[nH]c4ccc(Br)cc4c3CCN2c2ncccn2)cc1.CCC(=O)N1CCc2c([nH]c3ccc(Br)cc23)C1c1ccccc1.CCOC(=O)N1CCc2c([nH]c3ccc(Cl)cc23)C1c1ccc(F)cc1.CN1CCc2c([nH]c3ccc(Br)cc23)C1c1ccc(Cl)cc1. The minimum Gasteiger partial charge on any atom is -0.450 e. The minimum atomic E-state index is -0.371. The van der Waals surface area contributed by atoms with Crippen LogP contribution in [0.25, 0.3) is 54.5 Å². The molecule has 0 fully saturated rings. The molecule has 0 radical (unpaired) electrons.